The molecular weight excluding hydrogens is 270 g/mol. The minimum Gasteiger partial charge on any atom is -0.491 e. The van der Waals surface area contributed by atoms with Crippen LogP contribution in [0.3, 0.4) is 0 Å². The number of fused-ring (bicyclic) bond motifs is 1. The molecule has 3 rings (SSSR count). The lowest BCUT2D eigenvalue weighted by atomic mass is 10.1. The quantitative estimate of drug-likeness (QED) is 0.906. The number of aromatic carboxylic acids is 1. The molecule has 5 heteroatoms. The number of nitrogens with one attached hydrogen (secondary N) is 1. The standard InChI is InChI=1S/C16H13NO4/c18-15(10-5-7-11(8-6-10)16(19)20)17-13-9-21-14-4-2-1-3-12(13)14/h1-8,13H,9H2,(H,17,18)(H,19,20). The third-order valence-electron chi connectivity index (χ3n) is 3.40. The fourth-order valence-corrected chi connectivity index (χ4v) is 2.29. The van der Waals surface area contributed by atoms with E-state index in [1.165, 1.54) is 24.3 Å². The van der Waals surface area contributed by atoms with Crippen molar-refractivity contribution in [2.24, 2.45) is 0 Å². The topological polar surface area (TPSA) is 75.6 Å². The Morgan fingerprint density at radius 1 is 1.05 bits per heavy atom. The summed E-state index contributed by atoms with van der Waals surface area (Å²) in [5.74, 6) is -0.485. The SMILES string of the molecule is O=C(O)c1ccc(C(=O)NC2COc3ccccc32)cc1. The summed E-state index contributed by atoms with van der Waals surface area (Å²) in [5, 5.41) is 11.7. The zero-order valence-electron chi connectivity index (χ0n) is 11.1. The van der Waals surface area contributed by atoms with Crippen LogP contribution in [0.15, 0.2) is 48.5 Å². The lowest BCUT2D eigenvalue weighted by Gasteiger charge is -2.11. The normalized spacial score (nSPS) is 15.9. The van der Waals surface area contributed by atoms with Crippen LogP contribution in [0.2, 0.25) is 0 Å². The van der Waals surface area contributed by atoms with E-state index in [2.05, 4.69) is 5.32 Å². The van der Waals surface area contributed by atoms with E-state index in [1.54, 1.807) is 0 Å². The first kappa shape index (κ1) is 13.2. The predicted molar refractivity (Wildman–Crippen MR) is 75.5 cm³/mol. The van der Waals surface area contributed by atoms with Crippen molar-refractivity contribution in [3.05, 3.63) is 65.2 Å². The number of ether oxygens (including phenoxy) is 1. The van der Waals surface area contributed by atoms with Gasteiger partial charge in [0, 0.05) is 11.1 Å². The largest absolute Gasteiger partial charge is 0.491 e. The van der Waals surface area contributed by atoms with Crippen LogP contribution in [0.25, 0.3) is 0 Å². The molecule has 1 aliphatic heterocycles. The van der Waals surface area contributed by atoms with Gasteiger partial charge < -0.3 is 15.2 Å². The first-order valence-corrected chi connectivity index (χ1v) is 6.51. The Kier molecular flexibility index (Phi) is 3.31. The summed E-state index contributed by atoms with van der Waals surface area (Å²) in [6, 6.07) is 13.2. The van der Waals surface area contributed by atoms with E-state index in [0.717, 1.165) is 11.3 Å². The number of carbonyl (C=O) groups excluding carboxylic acids is 1. The van der Waals surface area contributed by atoms with E-state index >= 15 is 0 Å². The van der Waals surface area contributed by atoms with Gasteiger partial charge in [-0.05, 0) is 30.3 Å². The second-order valence-corrected chi connectivity index (χ2v) is 4.76. The van der Waals surface area contributed by atoms with E-state index in [0.29, 0.717) is 12.2 Å². The van der Waals surface area contributed by atoms with Gasteiger partial charge in [-0.25, -0.2) is 4.79 Å². The van der Waals surface area contributed by atoms with Crippen LogP contribution in [0.1, 0.15) is 32.3 Å². The van der Waals surface area contributed by atoms with Gasteiger partial charge in [-0.2, -0.15) is 0 Å². The minimum absolute atomic E-state index is 0.154. The Labute approximate surface area is 121 Å². The number of amides is 1. The number of benzene rings is 2. The molecule has 0 fully saturated rings. The van der Waals surface area contributed by atoms with Crippen LogP contribution in [-0.4, -0.2) is 23.6 Å². The molecule has 1 unspecified atom stereocenters. The van der Waals surface area contributed by atoms with Gasteiger partial charge in [0.15, 0.2) is 0 Å². The molecule has 0 saturated carbocycles. The molecule has 0 spiro atoms. The molecule has 0 aliphatic carbocycles. The lowest BCUT2D eigenvalue weighted by molar-refractivity contribution is 0.0696. The van der Waals surface area contributed by atoms with Crippen LogP contribution < -0.4 is 10.1 Å². The maximum Gasteiger partial charge on any atom is 0.335 e. The first-order chi connectivity index (χ1) is 10.1. The van der Waals surface area contributed by atoms with Crippen molar-refractivity contribution < 1.29 is 19.4 Å². The van der Waals surface area contributed by atoms with Crippen LogP contribution in [0, 0.1) is 0 Å². The van der Waals surface area contributed by atoms with Crippen LogP contribution in [0.4, 0.5) is 0 Å². The van der Waals surface area contributed by atoms with E-state index in [1.807, 2.05) is 24.3 Å². The molecule has 1 amide bonds. The molecule has 2 N–H and O–H groups in total. The summed E-state index contributed by atoms with van der Waals surface area (Å²) in [4.78, 5) is 23.0. The van der Waals surface area contributed by atoms with Gasteiger partial charge in [0.1, 0.15) is 12.4 Å². The van der Waals surface area contributed by atoms with Gasteiger partial charge in [0.2, 0.25) is 0 Å². The molecule has 1 heterocycles. The van der Waals surface area contributed by atoms with Gasteiger partial charge in [0.05, 0.1) is 11.6 Å². The number of carboxylic acid groups (broad SMARTS) is 1. The Hall–Kier alpha value is -2.82. The highest BCUT2D eigenvalue weighted by Crippen LogP contribution is 2.31. The van der Waals surface area contributed by atoms with E-state index < -0.39 is 5.97 Å². The fraction of sp³-hybridized carbons (Fsp3) is 0.125. The third kappa shape index (κ3) is 2.58. The second kappa shape index (κ2) is 5.28. The highest BCUT2D eigenvalue weighted by Gasteiger charge is 2.25. The smallest absolute Gasteiger partial charge is 0.335 e. The lowest BCUT2D eigenvalue weighted by Crippen LogP contribution is -2.29. The number of hydrogen-bond donors (Lipinski definition) is 2. The van der Waals surface area contributed by atoms with Crippen molar-refractivity contribution >= 4 is 11.9 Å². The number of para-hydroxylation sites is 1. The van der Waals surface area contributed by atoms with Gasteiger partial charge in [-0.15, -0.1) is 0 Å². The molecular formula is C16H13NO4. The highest BCUT2D eigenvalue weighted by atomic mass is 16.5. The van der Waals surface area contributed by atoms with E-state index in [4.69, 9.17) is 9.84 Å². The maximum atomic E-state index is 12.2. The average Bonchev–Trinajstić information content (AvgIpc) is 2.91. The van der Waals surface area contributed by atoms with Crippen molar-refractivity contribution in [3.63, 3.8) is 0 Å². The number of hydrogen-bond acceptors (Lipinski definition) is 3. The molecule has 0 bridgehead atoms. The second-order valence-electron chi connectivity index (χ2n) is 4.76. The molecule has 0 radical (unpaired) electrons. The Morgan fingerprint density at radius 2 is 1.71 bits per heavy atom. The molecule has 2 aromatic rings. The maximum absolute atomic E-state index is 12.2. The molecule has 106 valence electrons. The summed E-state index contributed by atoms with van der Waals surface area (Å²) >= 11 is 0. The minimum atomic E-state index is -1.01. The average molecular weight is 283 g/mol. The molecule has 2 aromatic carbocycles. The summed E-state index contributed by atoms with van der Waals surface area (Å²) < 4.78 is 5.51. The van der Waals surface area contributed by atoms with Crippen LogP contribution in [0.5, 0.6) is 5.75 Å². The Balaban J connectivity index is 1.74. The van der Waals surface area contributed by atoms with Gasteiger partial charge in [-0.3, -0.25) is 4.79 Å². The summed E-state index contributed by atoms with van der Waals surface area (Å²) in [6.07, 6.45) is 0. The number of carbonyl (C=O) groups is 2. The molecule has 21 heavy (non-hydrogen) atoms. The van der Waals surface area contributed by atoms with Crippen molar-refractivity contribution in [1.29, 1.82) is 0 Å². The summed E-state index contributed by atoms with van der Waals surface area (Å²) in [5.41, 5.74) is 1.53. The number of carboxylic acids is 1. The van der Waals surface area contributed by atoms with Crippen molar-refractivity contribution in [1.82, 2.24) is 5.32 Å². The highest BCUT2D eigenvalue weighted by molar-refractivity contribution is 5.96. The number of rotatable bonds is 3. The van der Waals surface area contributed by atoms with Crippen molar-refractivity contribution in [2.75, 3.05) is 6.61 Å². The van der Waals surface area contributed by atoms with Crippen molar-refractivity contribution in [2.45, 2.75) is 6.04 Å². The van der Waals surface area contributed by atoms with Gasteiger partial charge >= 0.3 is 5.97 Å². The Morgan fingerprint density at radius 3 is 2.43 bits per heavy atom. The predicted octanol–water partition coefficient (Wildman–Crippen LogP) is 2.25. The molecule has 0 aromatic heterocycles. The van der Waals surface area contributed by atoms with Gasteiger partial charge in [-0.1, -0.05) is 18.2 Å². The third-order valence-corrected chi connectivity index (χ3v) is 3.40. The first-order valence-electron chi connectivity index (χ1n) is 6.51. The zero-order valence-corrected chi connectivity index (χ0v) is 11.1. The molecule has 1 aliphatic rings. The summed E-state index contributed by atoms with van der Waals surface area (Å²) in [6.45, 7) is 0.401. The van der Waals surface area contributed by atoms with Gasteiger partial charge in [0.25, 0.3) is 5.91 Å². The molecule has 0 saturated heterocycles. The monoisotopic (exact) mass is 283 g/mol. The summed E-state index contributed by atoms with van der Waals surface area (Å²) in [7, 11) is 0. The van der Waals surface area contributed by atoms with Crippen LogP contribution in [-0.2, 0) is 0 Å². The Bertz CT molecular complexity index is 694. The fourth-order valence-electron chi connectivity index (χ4n) is 2.29. The van der Waals surface area contributed by atoms with E-state index in [9.17, 15) is 9.59 Å². The molecule has 1 atom stereocenters. The van der Waals surface area contributed by atoms with Crippen molar-refractivity contribution in [3.8, 4) is 5.75 Å². The zero-order chi connectivity index (χ0) is 14.8. The van der Waals surface area contributed by atoms with E-state index in [-0.39, 0.29) is 17.5 Å². The van der Waals surface area contributed by atoms with Crippen LogP contribution >= 0.6 is 0 Å². The molecule has 5 nitrogen and oxygen atoms in total.